The summed E-state index contributed by atoms with van der Waals surface area (Å²) in [5, 5.41) is 13.4. The van der Waals surface area contributed by atoms with E-state index >= 15 is 0 Å². The number of aromatic nitrogens is 2. The molecular weight excluding hydrogens is 390 g/mol. The van der Waals surface area contributed by atoms with Crippen molar-refractivity contribution in [1.82, 2.24) is 15.0 Å². The SMILES string of the molecule is CC(C)Cc1ccc(-c2nc(-c3ccc4c(c3)C(N3CC(C(=O)O)C3)CC4)no2)cc1. The highest BCUT2D eigenvalue weighted by Crippen LogP contribution is 2.41. The highest BCUT2D eigenvalue weighted by molar-refractivity contribution is 5.71. The second-order valence-corrected chi connectivity index (χ2v) is 9.18. The van der Waals surface area contributed by atoms with Crippen LogP contribution in [0.5, 0.6) is 0 Å². The van der Waals surface area contributed by atoms with E-state index in [1.807, 2.05) is 12.1 Å². The predicted octanol–water partition coefficient (Wildman–Crippen LogP) is 4.61. The molecular formula is C25H27N3O3. The van der Waals surface area contributed by atoms with Gasteiger partial charge in [0.05, 0.1) is 5.92 Å². The summed E-state index contributed by atoms with van der Waals surface area (Å²) >= 11 is 0. The number of fused-ring (bicyclic) bond motifs is 1. The molecule has 3 aromatic rings. The molecule has 1 fully saturated rings. The van der Waals surface area contributed by atoms with E-state index < -0.39 is 5.97 Å². The Hall–Kier alpha value is -2.99. The summed E-state index contributed by atoms with van der Waals surface area (Å²) in [6, 6.07) is 15.0. The van der Waals surface area contributed by atoms with Gasteiger partial charge in [-0.3, -0.25) is 9.69 Å². The average molecular weight is 418 g/mol. The molecule has 1 N–H and O–H groups in total. The highest BCUT2D eigenvalue weighted by atomic mass is 16.5. The number of aliphatic carboxylic acids is 1. The lowest BCUT2D eigenvalue weighted by molar-refractivity contribution is -0.148. The molecule has 1 atom stereocenters. The third-order valence-corrected chi connectivity index (χ3v) is 6.42. The van der Waals surface area contributed by atoms with E-state index in [0.29, 0.717) is 30.7 Å². The van der Waals surface area contributed by atoms with E-state index in [1.54, 1.807) is 0 Å². The number of carbonyl (C=O) groups is 1. The first-order valence-electron chi connectivity index (χ1n) is 11.0. The Morgan fingerprint density at radius 3 is 2.61 bits per heavy atom. The molecule has 2 aromatic carbocycles. The van der Waals surface area contributed by atoms with Crippen LogP contribution < -0.4 is 0 Å². The normalized spacial score (nSPS) is 18.9. The maximum atomic E-state index is 11.2. The Balaban J connectivity index is 1.35. The van der Waals surface area contributed by atoms with Crippen LogP contribution >= 0.6 is 0 Å². The van der Waals surface area contributed by atoms with Crippen molar-refractivity contribution in [1.29, 1.82) is 0 Å². The molecule has 6 nitrogen and oxygen atoms in total. The Kier molecular flexibility index (Phi) is 5.10. The van der Waals surface area contributed by atoms with Gasteiger partial charge in [-0.15, -0.1) is 0 Å². The number of carboxylic acid groups (broad SMARTS) is 1. The second kappa shape index (κ2) is 7.93. The fraction of sp³-hybridized carbons (Fsp3) is 0.400. The maximum absolute atomic E-state index is 11.2. The summed E-state index contributed by atoms with van der Waals surface area (Å²) in [6.45, 7) is 5.68. The number of aryl methyl sites for hydroxylation is 1. The van der Waals surface area contributed by atoms with Crippen molar-refractivity contribution < 1.29 is 14.4 Å². The van der Waals surface area contributed by atoms with Gasteiger partial charge in [-0.25, -0.2) is 0 Å². The van der Waals surface area contributed by atoms with Gasteiger partial charge in [0.25, 0.3) is 5.89 Å². The second-order valence-electron chi connectivity index (χ2n) is 9.18. The lowest BCUT2D eigenvalue weighted by Crippen LogP contribution is -2.51. The van der Waals surface area contributed by atoms with Crippen LogP contribution in [-0.4, -0.2) is 39.2 Å². The molecule has 5 rings (SSSR count). The van der Waals surface area contributed by atoms with Gasteiger partial charge in [-0.1, -0.05) is 43.3 Å². The maximum Gasteiger partial charge on any atom is 0.309 e. The third-order valence-electron chi connectivity index (χ3n) is 6.42. The van der Waals surface area contributed by atoms with Crippen molar-refractivity contribution in [2.75, 3.05) is 13.1 Å². The molecule has 2 heterocycles. The minimum Gasteiger partial charge on any atom is -0.481 e. The Morgan fingerprint density at radius 2 is 1.90 bits per heavy atom. The molecule has 1 aliphatic heterocycles. The van der Waals surface area contributed by atoms with Gasteiger partial charge in [0.1, 0.15) is 0 Å². The topological polar surface area (TPSA) is 79.5 Å². The summed E-state index contributed by atoms with van der Waals surface area (Å²) in [5.74, 6) is 0.798. The monoisotopic (exact) mass is 417 g/mol. The smallest absolute Gasteiger partial charge is 0.309 e. The predicted molar refractivity (Wildman–Crippen MR) is 117 cm³/mol. The van der Waals surface area contributed by atoms with E-state index in [2.05, 4.69) is 59.2 Å². The Morgan fingerprint density at radius 1 is 1.16 bits per heavy atom. The first-order chi connectivity index (χ1) is 15.0. The molecule has 1 unspecified atom stereocenters. The number of benzene rings is 2. The van der Waals surface area contributed by atoms with Crippen LogP contribution in [0.15, 0.2) is 47.0 Å². The molecule has 1 aliphatic carbocycles. The zero-order valence-electron chi connectivity index (χ0n) is 17.9. The van der Waals surface area contributed by atoms with Gasteiger partial charge >= 0.3 is 5.97 Å². The van der Waals surface area contributed by atoms with Gasteiger partial charge in [0, 0.05) is 30.3 Å². The van der Waals surface area contributed by atoms with Crippen molar-refractivity contribution in [3.63, 3.8) is 0 Å². The fourth-order valence-corrected chi connectivity index (χ4v) is 4.74. The molecule has 0 bridgehead atoms. The summed E-state index contributed by atoms with van der Waals surface area (Å²) in [4.78, 5) is 18.1. The van der Waals surface area contributed by atoms with Crippen molar-refractivity contribution in [2.45, 2.75) is 39.2 Å². The largest absolute Gasteiger partial charge is 0.481 e. The van der Waals surface area contributed by atoms with Crippen LogP contribution in [0.25, 0.3) is 22.8 Å². The van der Waals surface area contributed by atoms with E-state index in [9.17, 15) is 9.90 Å². The molecule has 6 heteroatoms. The number of nitrogens with zero attached hydrogens (tertiary/aromatic N) is 3. The Bertz CT molecular complexity index is 1100. The van der Waals surface area contributed by atoms with Crippen LogP contribution in [0, 0.1) is 11.8 Å². The molecule has 2 aliphatic rings. The summed E-state index contributed by atoms with van der Waals surface area (Å²) in [7, 11) is 0. The quantitative estimate of drug-likeness (QED) is 0.631. The van der Waals surface area contributed by atoms with Gasteiger partial charge in [-0.2, -0.15) is 4.98 Å². The van der Waals surface area contributed by atoms with Crippen LogP contribution in [0.1, 0.15) is 43.0 Å². The number of hydrogen-bond acceptors (Lipinski definition) is 5. The van der Waals surface area contributed by atoms with E-state index in [-0.39, 0.29) is 12.0 Å². The van der Waals surface area contributed by atoms with Gasteiger partial charge in [-0.05, 0) is 60.1 Å². The lowest BCUT2D eigenvalue weighted by Gasteiger charge is -2.41. The minimum atomic E-state index is -0.695. The lowest BCUT2D eigenvalue weighted by atomic mass is 9.94. The van der Waals surface area contributed by atoms with E-state index in [4.69, 9.17) is 4.52 Å². The number of hydrogen-bond donors (Lipinski definition) is 1. The summed E-state index contributed by atoms with van der Waals surface area (Å²) < 4.78 is 5.56. The molecule has 1 aromatic heterocycles. The molecule has 31 heavy (non-hydrogen) atoms. The standard InChI is InChI=1S/C25H27N3O3/c1-15(2)11-16-3-5-18(6-4-16)24-26-23(27-31-24)19-8-7-17-9-10-22(21(17)12-19)28-13-20(14-28)25(29)30/h3-8,12,15,20,22H,9-11,13-14H2,1-2H3,(H,29,30). The van der Waals surface area contributed by atoms with Crippen molar-refractivity contribution in [3.05, 3.63) is 59.2 Å². The van der Waals surface area contributed by atoms with Crippen molar-refractivity contribution in [3.8, 4) is 22.8 Å². The number of rotatable bonds is 6. The highest BCUT2D eigenvalue weighted by Gasteiger charge is 2.39. The first-order valence-corrected chi connectivity index (χ1v) is 11.0. The molecule has 160 valence electrons. The molecule has 0 radical (unpaired) electrons. The first kappa shape index (κ1) is 19.9. The zero-order valence-corrected chi connectivity index (χ0v) is 17.9. The van der Waals surface area contributed by atoms with Crippen molar-refractivity contribution in [2.24, 2.45) is 11.8 Å². The molecule has 1 saturated heterocycles. The zero-order chi connectivity index (χ0) is 21.5. The fourth-order valence-electron chi connectivity index (χ4n) is 4.74. The van der Waals surface area contributed by atoms with Gasteiger partial charge in [0.2, 0.25) is 5.82 Å². The average Bonchev–Trinajstić information content (AvgIpc) is 3.34. The van der Waals surface area contributed by atoms with Crippen LogP contribution in [-0.2, 0) is 17.6 Å². The third kappa shape index (κ3) is 3.88. The number of likely N-dealkylation sites (tertiary alicyclic amines) is 1. The van der Waals surface area contributed by atoms with Crippen LogP contribution in [0.4, 0.5) is 0 Å². The van der Waals surface area contributed by atoms with E-state index in [0.717, 1.165) is 30.4 Å². The summed E-state index contributed by atoms with van der Waals surface area (Å²) in [6.07, 6.45) is 3.11. The van der Waals surface area contributed by atoms with Crippen molar-refractivity contribution >= 4 is 5.97 Å². The molecule has 0 saturated carbocycles. The van der Waals surface area contributed by atoms with E-state index in [1.165, 1.54) is 16.7 Å². The van der Waals surface area contributed by atoms with Gasteiger partial charge in [0.15, 0.2) is 0 Å². The van der Waals surface area contributed by atoms with Gasteiger partial charge < -0.3 is 9.63 Å². The minimum absolute atomic E-state index is 0.237. The molecule has 0 amide bonds. The number of carboxylic acids is 1. The van der Waals surface area contributed by atoms with Crippen LogP contribution in [0.3, 0.4) is 0 Å². The van der Waals surface area contributed by atoms with Crippen LogP contribution in [0.2, 0.25) is 0 Å². The Labute approximate surface area is 181 Å². The summed E-state index contributed by atoms with van der Waals surface area (Å²) in [5.41, 5.74) is 5.76. The molecule has 0 spiro atoms.